The highest BCUT2D eigenvalue weighted by atomic mass is 32.2. The maximum Gasteiger partial charge on any atom is 0.182 e. The monoisotopic (exact) mass is 325 g/mol. The van der Waals surface area contributed by atoms with Gasteiger partial charge in [-0.05, 0) is 57.2 Å². The molecule has 0 amide bonds. The van der Waals surface area contributed by atoms with Gasteiger partial charge in [-0.3, -0.25) is 0 Å². The van der Waals surface area contributed by atoms with Crippen molar-refractivity contribution in [3.63, 3.8) is 0 Å². The molecule has 0 fully saturated rings. The van der Waals surface area contributed by atoms with Gasteiger partial charge in [-0.25, -0.2) is 8.42 Å². The van der Waals surface area contributed by atoms with Crippen LogP contribution in [0.2, 0.25) is 0 Å². The summed E-state index contributed by atoms with van der Waals surface area (Å²) in [5.74, 6) is -0.0759. The van der Waals surface area contributed by atoms with Crippen LogP contribution in [0.15, 0.2) is 41.3 Å². The average molecular weight is 325 g/mol. The van der Waals surface area contributed by atoms with Crippen LogP contribution in [0.4, 0.5) is 0 Å². The zero-order valence-corrected chi connectivity index (χ0v) is 13.9. The van der Waals surface area contributed by atoms with Gasteiger partial charge < -0.3 is 10.8 Å². The number of benzene rings is 1. The largest absolute Gasteiger partial charge is 0.507 e. The lowest BCUT2D eigenvalue weighted by Crippen LogP contribution is -2.07. The Morgan fingerprint density at radius 2 is 1.59 bits per heavy atom. The van der Waals surface area contributed by atoms with E-state index in [-0.39, 0.29) is 16.4 Å². The second kappa shape index (κ2) is 10.4. The predicted octanol–water partition coefficient (Wildman–Crippen LogP) is 3.41. The molecule has 0 heterocycles. The third-order valence-corrected chi connectivity index (χ3v) is 5.32. The van der Waals surface area contributed by atoms with Gasteiger partial charge in [-0.15, -0.1) is 0 Å². The molecule has 0 bridgehead atoms. The van der Waals surface area contributed by atoms with Crippen LogP contribution < -0.4 is 5.73 Å². The van der Waals surface area contributed by atoms with Crippen LogP contribution in [-0.4, -0.2) is 25.8 Å². The molecular weight excluding hydrogens is 298 g/mol. The van der Waals surface area contributed by atoms with Crippen LogP contribution in [0.3, 0.4) is 0 Å². The summed E-state index contributed by atoms with van der Waals surface area (Å²) in [6, 6.07) is 6.10. The first-order valence-corrected chi connectivity index (χ1v) is 9.59. The topological polar surface area (TPSA) is 80.4 Å². The Balaban J connectivity index is 2.20. The first kappa shape index (κ1) is 18.7. The lowest BCUT2D eigenvalue weighted by Gasteiger charge is -2.06. The van der Waals surface area contributed by atoms with E-state index in [1.165, 1.54) is 12.1 Å². The summed E-state index contributed by atoms with van der Waals surface area (Å²) >= 11 is 0. The van der Waals surface area contributed by atoms with Crippen molar-refractivity contribution in [2.45, 2.75) is 49.8 Å². The number of rotatable bonds is 11. The molecule has 0 aliphatic carbocycles. The molecule has 0 spiro atoms. The summed E-state index contributed by atoms with van der Waals surface area (Å²) in [6.07, 6.45) is 11.1. The Kier molecular flexibility index (Phi) is 8.85. The fourth-order valence-corrected chi connectivity index (χ4v) is 3.68. The van der Waals surface area contributed by atoms with Gasteiger partial charge in [0.1, 0.15) is 10.6 Å². The first-order chi connectivity index (χ1) is 10.6. The standard InChI is InChI=1S/C17H27NO3S/c18-14-10-6-4-2-1-3-5-7-11-15-22(20,21)17-13-9-8-12-16(17)19/h1-2,8-9,12-13,19H,3-7,10-11,14-15,18H2. The Labute approximate surface area is 134 Å². The molecule has 0 unspecified atom stereocenters. The molecule has 0 saturated carbocycles. The van der Waals surface area contributed by atoms with E-state index in [1.807, 2.05) is 0 Å². The number of phenols is 1. The highest BCUT2D eigenvalue weighted by Gasteiger charge is 2.17. The Morgan fingerprint density at radius 1 is 0.955 bits per heavy atom. The number of nitrogens with two attached hydrogens (primary N) is 1. The molecule has 4 nitrogen and oxygen atoms in total. The number of para-hydroxylation sites is 1. The van der Waals surface area contributed by atoms with Gasteiger partial charge in [0, 0.05) is 0 Å². The lowest BCUT2D eigenvalue weighted by atomic mass is 10.1. The van der Waals surface area contributed by atoms with Gasteiger partial charge in [0.15, 0.2) is 9.84 Å². The summed E-state index contributed by atoms with van der Waals surface area (Å²) in [7, 11) is -3.38. The maximum atomic E-state index is 12.1. The zero-order valence-electron chi connectivity index (χ0n) is 13.1. The van der Waals surface area contributed by atoms with Crippen LogP contribution in [-0.2, 0) is 9.84 Å². The minimum Gasteiger partial charge on any atom is -0.507 e. The molecule has 124 valence electrons. The molecular formula is C17H27NO3S. The van der Waals surface area contributed by atoms with Crippen molar-refractivity contribution in [1.29, 1.82) is 0 Å². The van der Waals surface area contributed by atoms with E-state index in [0.717, 1.165) is 45.1 Å². The lowest BCUT2D eigenvalue weighted by molar-refractivity contribution is 0.458. The molecule has 22 heavy (non-hydrogen) atoms. The molecule has 1 aromatic carbocycles. The van der Waals surface area contributed by atoms with Crippen LogP contribution >= 0.6 is 0 Å². The number of phenolic OH excluding ortho intramolecular Hbond substituents is 1. The molecule has 1 rings (SSSR count). The minimum atomic E-state index is -3.38. The average Bonchev–Trinajstić information content (AvgIpc) is 2.49. The van der Waals surface area contributed by atoms with Gasteiger partial charge in [0.05, 0.1) is 5.75 Å². The first-order valence-electron chi connectivity index (χ1n) is 7.94. The molecule has 0 atom stereocenters. The number of unbranched alkanes of at least 4 members (excludes halogenated alkanes) is 5. The molecule has 0 aliphatic heterocycles. The van der Waals surface area contributed by atoms with Gasteiger partial charge >= 0.3 is 0 Å². The third-order valence-electron chi connectivity index (χ3n) is 3.48. The van der Waals surface area contributed by atoms with Gasteiger partial charge in [-0.1, -0.05) is 30.7 Å². The molecule has 3 N–H and O–H groups in total. The van der Waals surface area contributed by atoms with Crippen molar-refractivity contribution in [2.75, 3.05) is 12.3 Å². The molecule has 5 heteroatoms. The fraction of sp³-hybridized carbons (Fsp3) is 0.529. The van der Waals surface area contributed by atoms with Crippen molar-refractivity contribution in [3.8, 4) is 5.75 Å². The van der Waals surface area contributed by atoms with Crippen LogP contribution in [0.1, 0.15) is 44.9 Å². The van der Waals surface area contributed by atoms with Gasteiger partial charge in [0.2, 0.25) is 0 Å². The van der Waals surface area contributed by atoms with Crippen molar-refractivity contribution in [3.05, 3.63) is 36.4 Å². The molecule has 0 aliphatic rings. The summed E-state index contributed by atoms with van der Waals surface area (Å²) in [6.45, 7) is 0.749. The predicted molar refractivity (Wildman–Crippen MR) is 90.7 cm³/mol. The van der Waals surface area contributed by atoms with Crippen molar-refractivity contribution in [2.24, 2.45) is 5.73 Å². The van der Waals surface area contributed by atoms with E-state index in [1.54, 1.807) is 12.1 Å². The summed E-state index contributed by atoms with van der Waals surface area (Å²) in [4.78, 5) is 0.0369. The van der Waals surface area contributed by atoms with Crippen molar-refractivity contribution < 1.29 is 13.5 Å². The minimum absolute atomic E-state index is 0.0369. The van der Waals surface area contributed by atoms with E-state index in [4.69, 9.17) is 5.73 Å². The number of aromatic hydroxyl groups is 1. The van der Waals surface area contributed by atoms with Gasteiger partial charge in [-0.2, -0.15) is 0 Å². The fourth-order valence-electron chi connectivity index (χ4n) is 2.20. The number of hydrogen-bond acceptors (Lipinski definition) is 4. The van der Waals surface area contributed by atoms with Crippen molar-refractivity contribution >= 4 is 9.84 Å². The molecule has 0 aromatic heterocycles. The normalized spacial score (nSPS) is 12.0. The molecule has 0 saturated heterocycles. The Hall–Kier alpha value is -1.33. The number of hydrogen-bond donors (Lipinski definition) is 2. The maximum absolute atomic E-state index is 12.1. The van der Waals surface area contributed by atoms with E-state index in [9.17, 15) is 13.5 Å². The molecule has 0 radical (unpaired) electrons. The molecule has 1 aromatic rings. The van der Waals surface area contributed by atoms with Crippen LogP contribution in [0.25, 0.3) is 0 Å². The number of allylic oxidation sites excluding steroid dienone is 2. The summed E-state index contributed by atoms with van der Waals surface area (Å²) in [5, 5.41) is 9.61. The van der Waals surface area contributed by atoms with Crippen molar-refractivity contribution in [1.82, 2.24) is 0 Å². The van der Waals surface area contributed by atoms with E-state index >= 15 is 0 Å². The second-order valence-electron chi connectivity index (χ2n) is 5.39. The quantitative estimate of drug-likeness (QED) is 0.482. The van der Waals surface area contributed by atoms with E-state index in [0.29, 0.717) is 6.42 Å². The SMILES string of the molecule is NCCCCC=CCCCCCS(=O)(=O)c1ccccc1O. The summed E-state index contributed by atoms with van der Waals surface area (Å²) in [5.41, 5.74) is 5.42. The number of sulfone groups is 1. The highest BCUT2D eigenvalue weighted by Crippen LogP contribution is 2.23. The van der Waals surface area contributed by atoms with Gasteiger partial charge in [0.25, 0.3) is 0 Å². The summed E-state index contributed by atoms with van der Waals surface area (Å²) < 4.78 is 24.2. The zero-order chi connectivity index (χ0) is 16.3. The van der Waals surface area contributed by atoms with E-state index in [2.05, 4.69) is 12.2 Å². The Morgan fingerprint density at radius 3 is 2.23 bits per heavy atom. The third kappa shape index (κ3) is 7.09. The van der Waals surface area contributed by atoms with Crippen LogP contribution in [0, 0.1) is 0 Å². The second-order valence-corrected chi connectivity index (χ2v) is 7.47. The highest BCUT2D eigenvalue weighted by molar-refractivity contribution is 7.91. The van der Waals surface area contributed by atoms with E-state index < -0.39 is 9.84 Å². The smallest absolute Gasteiger partial charge is 0.182 e. The Bertz CT molecular complexity index is 553. The van der Waals surface area contributed by atoms with Crippen LogP contribution in [0.5, 0.6) is 5.75 Å².